The summed E-state index contributed by atoms with van der Waals surface area (Å²) in [6.45, 7) is 1.29. The molecule has 0 bridgehead atoms. The van der Waals surface area contributed by atoms with Gasteiger partial charge in [0.25, 0.3) is 0 Å². The summed E-state index contributed by atoms with van der Waals surface area (Å²) >= 11 is 11.9. The Morgan fingerprint density at radius 1 is 1.13 bits per heavy atom. The molecule has 0 saturated heterocycles. The van der Waals surface area contributed by atoms with Crippen molar-refractivity contribution < 1.29 is 0 Å². The zero-order valence-corrected chi connectivity index (χ0v) is 16.3. The standard InChI is InChI=1S/C16H18Cl2N4.HI/c17-13-9-12(10-14(18)11-13)4-7-21-16(19)22-8-5-15-3-1-2-6-20-15;/h1-3,6,9-11H,4-5,7-8H2,(H3,19,21,22);1H. The molecule has 0 spiro atoms. The highest BCUT2D eigenvalue weighted by Gasteiger charge is 1.99. The van der Waals surface area contributed by atoms with Crippen molar-refractivity contribution in [1.82, 2.24) is 10.3 Å². The van der Waals surface area contributed by atoms with Gasteiger partial charge in [-0.15, -0.1) is 24.0 Å². The summed E-state index contributed by atoms with van der Waals surface area (Å²) in [7, 11) is 0. The number of pyridine rings is 1. The molecule has 1 heterocycles. The van der Waals surface area contributed by atoms with Gasteiger partial charge in [0.2, 0.25) is 0 Å². The highest BCUT2D eigenvalue weighted by molar-refractivity contribution is 14.0. The van der Waals surface area contributed by atoms with Crippen LogP contribution in [0.1, 0.15) is 11.3 Å². The molecule has 0 atom stereocenters. The molecule has 1 aromatic carbocycles. The zero-order valence-electron chi connectivity index (χ0n) is 12.5. The maximum absolute atomic E-state index is 5.96. The number of benzene rings is 1. The van der Waals surface area contributed by atoms with Gasteiger partial charge < -0.3 is 11.1 Å². The molecule has 3 N–H and O–H groups in total. The summed E-state index contributed by atoms with van der Waals surface area (Å²) in [5.41, 5.74) is 7.90. The van der Waals surface area contributed by atoms with Crippen molar-refractivity contribution in [3.05, 3.63) is 63.9 Å². The summed E-state index contributed by atoms with van der Waals surface area (Å²) < 4.78 is 0. The van der Waals surface area contributed by atoms with Crippen molar-refractivity contribution in [3.8, 4) is 0 Å². The van der Waals surface area contributed by atoms with Gasteiger partial charge >= 0.3 is 0 Å². The number of nitrogens with one attached hydrogen (secondary N) is 1. The second-order valence-electron chi connectivity index (χ2n) is 4.79. The Kier molecular flexibility index (Phi) is 9.28. The van der Waals surface area contributed by atoms with Gasteiger partial charge in [-0.2, -0.15) is 0 Å². The van der Waals surface area contributed by atoms with Crippen LogP contribution < -0.4 is 11.1 Å². The predicted octanol–water partition coefficient (Wildman–Crippen LogP) is 3.70. The summed E-state index contributed by atoms with van der Waals surface area (Å²) in [6, 6.07) is 11.3. The Balaban J connectivity index is 0.00000264. The first-order valence-corrected chi connectivity index (χ1v) is 7.78. The Hall–Kier alpha value is -1.05. The van der Waals surface area contributed by atoms with Crippen molar-refractivity contribution in [3.63, 3.8) is 0 Å². The van der Waals surface area contributed by atoms with Crippen LogP contribution in [-0.4, -0.2) is 24.0 Å². The number of aliphatic imine (C=N–C) groups is 1. The second kappa shape index (κ2) is 10.7. The molecule has 0 aliphatic rings. The van der Waals surface area contributed by atoms with Gasteiger partial charge in [-0.3, -0.25) is 9.98 Å². The number of nitrogens with two attached hydrogens (primary N) is 1. The lowest BCUT2D eigenvalue weighted by molar-refractivity contribution is 0.840. The number of rotatable bonds is 6. The summed E-state index contributed by atoms with van der Waals surface area (Å²) in [6.07, 6.45) is 3.32. The van der Waals surface area contributed by atoms with Gasteiger partial charge in [-0.05, 0) is 42.3 Å². The van der Waals surface area contributed by atoms with Crippen LogP contribution in [0.15, 0.2) is 47.6 Å². The minimum Gasteiger partial charge on any atom is -0.370 e. The lowest BCUT2D eigenvalue weighted by Gasteiger charge is -2.06. The minimum atomic E-state index is 0. The molecule has 0 saturated carbocycles. The van der Waals surface area contributed by atoms with Crippen LogP contribution in [0.25, 0.3) is 0 Å². The van der Waals surface area contributed by atoms with E-state index in [1.165, 1.54) is 0 Å². The van der Waals surface area contributed by atoms with Gasteiger partial charge in [-0.1, -0.05) is 29.3 Å². The first-order valence-electron chi connectivity index (χ1n) is 7.02. The van der Waals surface area contributed by atoms with Crippen LogP contribution in [0.3, 0.4) is 0 Å². The fourth-order valence-corrected chi connectivity index (χ4v) is 2.55. The Bertz CT molecular complexity index is 615. The van der Waals surface area contributed by atoms with E-state index in [-0.39, 0.29) is 24.0 Å². The first-order chi connectivity index (χ1) is 10.6. The van der Waals surface area contributed by atoms with E-state index in [4.69, 9.17) is 28.9 Å². The highest BCUT2D eigenvalue weighted by Crippen LogP contribution is 2.19. The van der Waals surface area contributed by atoms with E-state index in [9.17, 15) is 0 Å². The number of guanidine groups is 1. The normalized spacial score (nSPS) is 11.0. The second-order valence-corrected chi connectivity index (χ2v) is 5.67. The number of hydrogen-bond donors (Lipinski definition) is 2. The molecule has 0 aliphatic heterocycles. The van der Waals surface area contributed by atoms with Gasteiger partial charge in [0.1, 0.15) is 0 Å². The summed E-state index contributed by atoms with van der Waals surface area (Å²) in [5, 5.41) is 4.35. The largest absolute Gasteiger partial charge is 0.370 e. The fraction of sp³-hybridized carbons (Fsp3) is 0.250. The molecular weight excluding hydrogens is 446 g/mol. The monoisotopic (exact) mass is 464 g/mol. The maximum atomic E-state index is 5.96. The molecule has 0 unspecified atom stereocenters. The Labute approximate surface area is 163 Å². The lowest BCUT2D eigenvalue weighted by atomic mass is 10.1. The molecule has 0 aliphatic carbocycles. The molecule has 1 aromatic heterocycles. The topological polar surface area (TPSA) is 63.3 Å². The van der Waals surface area contributed by atoms with Gasteiger partial charge in [0, 0.05) is 41.4 Å². The van der Waals surface area contributed by atoms with Crippen molar-refractivity contribution in [2.75, 3.05) is 13.1 Å². The number of halogens is 3. The number of aromatic nitrogens is 1. The van der Waals surface area contributed by atoms with Crippen LogP contribution in [0.4, 0.5) is 0 Å². The average molecular weight is 465 g/mol. The van der Waals surface area contributed by atoms with Crippen LogP contribution in [0, 0.1) is 0 Å². The van der Waals surface area contributed by atoms with Gasteiger partial charge in [-0.25, -0.2) is 0 Å². The third-order valence-corrected chi connectivity index (χ3v) is 3.45. The van der Waals surface area contributed by atoms with E-state index in [1.807, 2.05) is 30.3 Å². The SMILES string of the molecule is I.NC(=NCCc1ccccn1)NCCc1cc(Cl)cc(Cl)c1. The van der Waals surface area contributed by atoms with Crippen molar-refractivity contribution >= 4 is 53.1 Å². The third kappa shape index (κ3) is 7.85. The zero-order chi connectivity index (χ0) is 15.8. The highest BCUT2D eigenvalue weighted by atomic mass is 127. The van der Waals surface area contributed by atoms with E-state index >= 15 is 0 Å². The van der Waals surface area contributed by atoms with E-state index in [0.29, 0.717) is 29.1 Å². The molecule has 124 valence electrons. The summed E-state index contributed by atoms with van der Waals surface area (Å²) in [4.78, 5) is 8.52. The lowest BCUT2D eigenvalue weighted by Crippen LogP contribution is -2.33. The van der Waals surface area contributed by atoms with Crippen molar-refractivity contribution in [1.29, 1.82) is 0 Å². The molecule has 23 heavy (non-hydrogen) atoms. The molecule has 4 nitrogen and oxygen atoms in total. The average Bonchev–Trinajstić information content (AvgIpc) is 2.47. The van der Waals surface area contributed by atoms with E-state index in [0.717, 1.165) is 24.1 Å². The quantitative estimate of drug-likeness (QED) is 0.389. The molecule has 2 aromatic rings. The predicted molar refractivity (Wildman–Crippen MR) is 108 cm³/mol. The van der Waals surface area contributed by atoms with Crippen LogP contribution in [0.2, 0.25) is 10.0 Å². The Morgan fingerprint density at radius 3 is 2.52 bits per heavy atom. The van der Waals surface area contributed by atoms with E-state index in [2.05, 4.69) is 15.3 Å². The minimum absolute atomic E-state index is 0. The van der Waals surface area contributed by atoms with Gasteiger partial charge in [0.15, 0.2) is 5.96 Å². The van der Waals surface area contributed by atoms with E-state index in [1.54, 1.807) is 12.3 Å². The Morgan fingerprint density at radius 2 is 1.87 bits per heavy atom. The van der Waals surface area contributed by atoms with Gasteiger partial charge in [0.05, 0.1) is 0 Å². The summed E-state index contributed by atoms with van der Waals surface area (Å²) in [5.74, 6) is 0.434. The first kappa shape index (κ1) is 20.0. The molecule has 0 fully saturated rings. The van der Waals surface area contributed by atoms with Crippen LogP contribution >= 0.6 is 47.2 Å². The third-order valence-electron chi connectivity index (χ3n) is 3.02. The van der Waals surface area contributed by atoms with Crippen molar-refractivity contribution in [2.24, 2.45) is 10.7 Å². The molecule has 7 heteroatoms. The van der Waals surface area contributed by atoms with Crippen LogP contribution in [-0.2, 0) is 12.8 Å². The number of hydrogen-bond acceptors (Lipinski definition) is 2. The molecule has 2 rings (SSSR count). The van der Waals surface area contributed by atoms with E-state index < -0.39 is 0 Å². The van der Waals surface area contributed by atoms with Crippen molar-refractivity contribution in [2.45, 2.75) is 12.8 Å². The molecule has 0 amide bonds. The maximum Gasteiger partial charge on any atom is 0.188 e. The number of nitrogens with zero attached hydrogens (tertiary/aromatic N) is 2. The smallest absolute Gasteiger partial charge is 0.188 e. The van der Waals surface area contributed by atoms with Crippen LogP contribution in [0.5, 0.6) is 0 Å². The molecular formula is C16H19Cl2IN4. The fourth-order valence-electron chi connectivity index (χ4n) is 1.98. The molecule has 0 radical (unpaired) electrons.